The van der Waals surface area contributed by atoms with Gasteiger partial charge in [-0.2, -0.15) is 0 Å². The summed E-state index contributed by atoms with van der Waals surface area (Å²) in [5, 5.41) is 4.70. The Morgan fingerprint density at radius 3 is 1.25 bits per heavy atom. The van der Waals surface area contributed by atoms with Crippen LogP contribution in [0.5, 0.6) is 11.5 Å². The fraction of sp³-hybridized carbons (Fsp3) is 0.286. The van der Waals surface area contributed by atoms with Crippen molar-refractivity contribution in [2.75, 3.05) is 55.7 Å². The molecule has 32 heavy (non-hydrogen) atoms. The van der Waals surface area contributed by atoms with Gasteiger partial charge < -0.3 is 9.47 Å². The third kappa shape index (κ3) is 4.87. The number of hydrogen-bond donors (Lipinski definition) is 0. The van der Waals surface area contributed by atoms with Crippen molar-refractivity contribution in [3.63, 3.8) is 0 Å². The van der Waals surface area contributed by atoms with Crippen molar-refractivity contribution in [2.45, 2.75) is 0 Å². The maximum absolute atomic E-state index is 6.43. The van der Waals surface area contributed by atoms with E-state index in [-0.39, 0.29) is 0 Å². The molecule has 4 aromatic carbocycles. The van der Waals surface area contributed by atoms with Gasteiger partial charge in [-0.3, -0.25) is 8.97 Å². The maximum atomic E-state index is 6.43. The molecule has 0 aliphatic rings. The van der Waals surface area contributed by atoms with Crippen LogP contribution in [0.15, 0.2) is 72.8 Å². The molecule has 0 atom stereocenters. The summed E-state index contributed by atoms with van der Waals surface area (Å²) >= 11 is 0. The van der Waals surface area contributed by atoms with Gasteiger partial charge in [0.05, 0.1) is 42.3 Å². The molecule has 0 radical (unpaired) electrons. The van der Waals surface area contributed by atoms with Crippen molar-refractivity contribution in [2.24, 2.45) is 0 Å². The second-order valence-corrected chi connectivity index (χ2v) is 10.4. The van der Waals surface area contributed by atoms with Gasteiger partial charge in [-0.15, -0.1) is 0 Å². The number of rotatable bonds is 7. The molecule has 0 fully saturated rings. The largest absolute Gasteiger partial charge is 0.445 e. The molecule has 0 spiro atoms. The van der Waals surface area contributed by atoms with E-state index in [9.17, 15) is 0 Å². The smallest absolute Gasteiger partial charge is 0.223 e. The molecule has 0 heterocycles. The van der Waals surface area contributed by atoms with Crippen LogP contribution in [-0.2, 0) is 0 Å². The fourth-order valence-electron chi connectivity index (χ4n) is 3.79. The van der Waals surface area contributed by atoms with Crippen molar-refractivity contribution >= 4 is 21.5 Å². The Labute approximate surface area is 191 Å². The van der Waals surface area contributed by atoms with Gasteiger partial charge >= 0.3 is 0 Å². The Hall–Kier alpha value is -3.08. The van der Waals surface area contributed by atoms with E-state index in [2.05, 4.69) is 115 Å². The van der Waals surface area contributed by atoms with Gasteiger partial charge in [0, 0.05) is 11.1 Å². The summed E-state index contributed by atoms with van der Waals surface area (Å²) in [7, 11) is 12.8. The van der Waals surface area contributed by atoms with Crippen LogP contribution in [0.2, 0.25) is 0 Å². The van der Waals surface area contributed by atoms with Gasteiger partial charge in [0.15, 0.2) is 0 Å². The minimum Gasteiger partial charge on any atom is -0.445 e. The van der Waals surface area contributed by atoms with E-state index in [0.29, 0.717) is 22.4 Å². The highest BCUT2D eigenvalue weighted by atomic mass is 16.5. The van der Waals surface area contributed by atoms with E-state index in [4.69, 9.17) is 9.47 Å². The van der Waals surface area contributed by atoms with Crippen LogP contribution in [0.3, 0.4) is 0 Å². The molecule has 0 amide bonds. The summed E-state index contributed by atoms with van der Waals surface area (Å²) in [5.74, 6) is 1.76. The van der Waals surface area contributed by atoms with Gasteiger partial charge in [0.1, 0.15) is 11.5 Å². The van der Waals surface area contributed by atoms with E-state index in [1.807, 2.05) is 0 Å². The monoisotopic (exact) mass is 430 g/mol. The fourth-order valence-corrected chi connectivity index (χ4v) is 3.79. The first-order valence-electron chi connectivity index (χ1n) is 11.0. The molecule has 0 aromatic heterocycles. The van der Waals surface area contributed by atoms with Gasteiger partial charge in [-0.1, -0.05) is 60.7 Å². The predicted octanol–water partition coefficient (Wildman–Crippen LogP) is 5.75. The number of hydrogen-bond acceptors (Lipinski definition) is 2. The minimum absolute atomic E-state index is 0.575. The lowest BCUT2D eigenvalue weighted by atomic mass is 9.92. The van der Waals surface area contributed by atoms with Crippen LogP contribution in [0.1, 0.15) is 0 Å². The van der Waals surface area contributed by atoms with Crippen molar-refractivity contribution in [3.05, 3.63) is 72.8 Å². The summed E-state index contributed by atoms with van der Waals surface area (Å²) in [6.07, 6.45) is 0. The quantitative estimate of drug-likeness (QED) is 0.275. The van der Waals surface area contributed by atoms with Gasteiger partial charge in [-0.05, 0) is 33.7 Å². The molecule has 0 unspecified atom stereocenters. The Bertz CT molecular complexity index is 1150. The van der Waals surface area contributed by atoms with E-state index in [0.717, 1.165) is 33.4 Å². The van der Waals surface area contributed by atoms with E-state index >= 15 is 0 Å². The molecule has 4 nitrogen and oxygen atoms in total. The molecule has 0 aliphatic heterocycles. The average Bonchev–Trinajstić information content (AvgIpc) is 2.74. The molecule has 4 rings (SSSR count). The van der Waals surface area contributed by atoms with Crippen LogP contribution in [0, 0.1) is 0 Å². The Balaban J connectivity index is 2.00. The molecule has 4 heteroatoms. The van der Waals surface area contributed by atoms with Gasteiger partial charge in [0.25, 0.3) is 0 Å². The molecule has 0 saturated heterocycles. The first-order valence-corrected chi connectivity index (χ1v) is 11.0. The molecule has 0 bridgehead atoms. The molecule has 0 saturated carbocycles. The highest BCUT2D eigenvalue weighted by Crippen LogP contribution is 2.45. The summed E-state index contributed by atoms with van der Waals surface area (Å²) in [5.41, 5.74) is 2.18. The van der Waals surface area contributed by atoms with Crippen LogP contribution in [-0.4, -0.2) is 64.7 Å². The Morgan fingerprint density at radius 1 is 0.500 bits per heavy atom. The zero-order valence-corrected chi connectivity index (χ0v) is 20.1. The highest BCUT2D eigenvalue weighted by molar-refractivity contribution is 6.09. The lowest BCUT2D eigenvalue weighted by Gasteiger charge is -2.27. The average molecular weight is 431 g/mol. The number of ether oxygens (including phenoxy) is 2. The Morgan fingerprint density at radius 2 is 0.875 bits per heavy atom. The second-order valence-electron chi connectivity index (χ2n) is 10.4. The number of quaternary nitrogens is 2. The second kappa shape index (κ2) is 8.45. The van der Waals surface area contributed by atoms with Gasteiger partial charge in [-0.25, -0.2) is 0 Å². The standard InChI is InChI=1S/C28H34N2O2/c1-29(2,3)19-31-25-17-15-21-11-7-9-13-23(21)27(25)28-24-14-10-8-12-22(24)16-18-26(28)32-20-30(4,5)6/h7-18H,19-20H2,1-6H3/q+2. The minimum atomic E-state index is 0.575. The maximum Gasteiger partial charge on any atom is 0.223 e. The summed E-state index contributed by atoms with van der Waals surface area (Å²) in [6, 6.07) is 25.5. The number of benzene rings is 4. The summed E-state index contributed by atoms with van der Waals surface area (Å²) < 4.78 is 14.3. The van der Waals surface area contributed by atoms with Crippen LogP contribution in [0.25, 0.3) is 32.7 Å². The van der Waals surface area contributed by atoms with E-state index < -0.39 is 0 Å². The molecular formula is C28H34N2O2+2. The molecule has 0 N–H and O–H groups in total. The van der Waals surface area contributed by atoms with Crippen LogP contribution < -0.4 is 9.47 Å². The van der Waals surface area contributed by atoms with Crippen LogP contribution >= 0.6 is 0 Å². The molecular weight excluding hydrogens is 396 g/mol. The number of fused-ring (bicyclic) bond motifs is 2. The van der Waals surface area contributed by atoms with Crippen molar-refractivity contribution in [3.8, 4) is 22.6 Å². The zero-order chi connectivity index (χ0) is 22.9. The predicted molar refractivity (Wildman–Crippen MR) is 134 cm³/mol. The zero-order valence-electron chi connectivity index (χ0n) is 20.1. The van der Waals surface area contributed by atoms with Crippen molar-refractivity contribution in [1.29, 1.82) is 0 Å². The normalized spacial score (nSPS) is 12.3. The molecule has 4 aromatic rings. The lowest BCUT2D eigenvalue weighted by molar-refractivity contribution is -0.886. The summed E-state index contributed by atoms with van der Waals surface area (Å²) in [4.78, 5) is 0. The number of nitrogens with zero attached hydrogens (tertiary/aromatic N) is 2. The Kier molecular flexibility index (Phi) is 5.85. The van der Waals surface area contributed by atoms with Crippen LogP contribution in [0.4, 0.5) is 0 Å². The summed E-state index contributed by atoms with van der Waals surface area (Å²) in [6.45, 7) is 1.15. The molecule has 0 aliphatic carbocycles. The van der Waals surface area contributed by atoms with Gasteiger partial charge in [0.2, 0.25) is 13.5 Å². The molecule has 166 valence electrons. The topological polar surface area (TPSA) is 18.5 Å². The third-order valence-corrected chi connectivity index (χ3v) is 5.25. The highest BCUT2D eigenvalue weighted by Gasteiger charge is 2.21. The third-order valence-electron chi connectivity index (χ3n) is 5.25. The first-order chi connectivity index (χ1) is 15.1. The SMILES string of the molecule is C[N+](C)(C)COc1ccc2ccccc2c1-c1c(OC[N+](C)(C)C)ccc2ccccc12. The van der Waals surface area contributed by atoms with E-state index in [1.54, 1.807) is 0 Å². The first kappa shape index (κ1) is 22.1. The van der Waals surface area contributed by atoms with E-state index in [1.165, 1.54) is 10.8 Å². The van der Waals surface area contributed by atoms with Crippen molar-refractivity contribution in [1.82, 2.24) is 0 Å². The van der Waals surface area contributed by atoms with Crippen molar-refractivity contribution < 1.29 is 18.4 Å². The lowest BCUT2D eigenvalue weighted by Crippen LogP contribution is -2.38.